The summed E-state index contributed by atoms with van der Waals surface area (Å²) in [4.78, 5) is 32.9. The molecule has 2 aromatic heterocycles. The second-order valence-corrected chi connectivity index (χ2v) is 8.82. The molecule has 186 valence electrons. The van der Waals surface area contributed by atoms with Crippen molar-refractivity contribution in [2.75, 3.05) is 11.4 Å². The molecule has 9 nitrogen and oxygen atoms in total. The highest BCUT2D eigenvalue weighted by Gasteiger charge is 2.16. The van der Waals surface area contributed by atoms with Gasteiger partial charge in [-0.15, -0.1) is 15.0 Å². The number of hydrogen-bond acceptors (Lipinski definition) is 6. The molecule has 0 bridgehead atoms. The third-order valence-corrected chi connectivity index (χ3v) is 6.15. The van der Waals surface area contributed by atoms with Crippen LogP contribution < -0.4 is 26.7 Å². The van der Waals surface area contributed by atoms with Crippen molar-refractivity contribution in [3.63, 3.8) is 0 Å². The number of nitrogens with one attached hydrogen (secondary N) is 2. The van der Waals surface area contributed by atoms with Gasteiger partial charge < -0.3 is 20.0 Å². The lowest BCUT2D eigenvalue weighted by atomic mass is 10.1. The number of hydrogen-bond donors (Lipinski definition) is 3. The summed E-state index contributed by atoms with van der Waals surface area (Å²) >= 11 is 0. The number of benzene rings is 3. The fraction of sp³-hybridized carbons (Fsp3) is 0.143. The summed E-state index contributed by atoms with van der Waals surface area (Å²) in [5.74, 6) is 0.127. The van der Waals surface area contributed by atoms with Crippen LogP contribution in [-0.2, 0) is 6.54 Å². The monoisotopic (exact) mass is 494 g/mol. The smallest absolute Gasteiger partial charge is 0.262 e. The summed E-state index contributed by atoms with van der Waals surface area (Å²) in [5, 5.41) is 20.2. The summed E-state index contributed by atoms with van der Waals surface area (Å²) in [7, 11) is 0. The molecule has 0 radical (unpaired) electrons. The van der Waals surface area contributed by atoms with Crippen LogP contribution in [-0.4, -0.2) is 36.6 Å². The van der Waals surface area contributed by atoms with E-state index in [-0.39, 0.29) is 16.4 Å². The Bertz CT molecular complexity index is 1760. The van der Waals surface area contributed by atoms with E-state index in [2.05, 4.69) is 31.6 Å². The van der Waals surface area contributed by atoms with Crippen molar-refractivity contribution in [3.05, 3.63) is 109 Å². The molecule has 0 saturated heterocycles. The van der Waals surface area contributed by atoms with Crippen molar-refractivity contribution in [2.45, 2.75) is 20.4 Å². The largest absolute Gasteiger partial charge is 0.505 e. The van der Waals surface area contributed by atoms with E-state index in [4.69, 9.17) is 0 Å². The Morgan fingerprint density at radius 3 is 2.22 bits per heavy atom. The predicted octanol–water partition coefficient (Wildman–Crippen LogP) is 2.08. The van der Waals surface area contributed by atoms with Crippen LogP contribution in [0, 0.1) is 6.92 Å². The average Bonchev–Trinajstić information content (AvgIpc) is 3.31. The summed E-state index contributed by atoms with van der Waals surface area (Å²) in [6.45, 7) is 8.72. The molecule has 5 rings (SSSR count). The SMILES string of the molecule is C=c1[nH]c(=O)c(=Cc2ccc(N(CC)Cc3cc(C)cc(-n4nc5ccccc5n4)c3O)cc2)c(=O)[nH]1. The molecule has 0 amide bonds. The van der Waals surface area contributed by atoms with E-state index in [1.165, 1.54) is 10.9 Å². The topological polar surface area (TPSA) is 120 Å². The van der Waals surface area contributed by atoms with Crippen molar-refractivity contribution < 1.29 is 5.11 Å². The van der Waals surface area contributed by atoms with Gasteiger partial charge in [0.15, 0.2) is 0 Å². The lowest BCUT2D eigenvalue weighted by Crippen LogP contribution is -2.47. The number of aryl methyl sites for hydroxylation is 1. The molecule has 0 aliphatic carbocycles. The van der Waals surface area contributed by atoms with Gasteiger partial charge in [-0.2, -0.15) is 0 Å². The molecule has 3 aromatic carbocycles. The van der Waals surface area contributed by atoms with E-state index in [1.54, 1.807) is 0 Å². The molecule has 0 spiro atoms. The zero-order valence-corrected chi connectivity index (χ0v) is 20.5. The summed E-state index contributed by atoms with van der Waals surface area (Å²) < 4.78 is 0. The zero-order chi connectivity index (χ0) is 26.1. The lowest BCUT2D eigenvalue weighted by molar-refractivity contribution is 0.459. The van der Waals surface area contributed by atoms with E-state index >= 15 is 0 Å². The first-order valence-corrected chi connectivity index (χ1v) is 11.9. The molecule has 37 heavy (non-hydrogen) atoms. The van der Waals surface area contributed by atoms with Crippen LogP contribution in [0.1, 0.15) is 23.6 Å². The van der Waals surface area contributed by atoms with Gasteiger partial charge in [0.1, 0.15) is 33.2 Å². The molecule has 2 heterocycles. The lowest BCUT2D eigenvalue weighted by Gasteiger charge is -2.24. The second-order valence-electron chi connectivity index (χ2n) is 8.82. The number of aromatic amines is 2. The van der Waals surface area contributed by atoms with Crippen molar-refractivity contribution in [1.82, 2.24) is 25.0 Å². The number of H-pyrrole nitrogens is 2. The number of phenolic OH excluding ortho intramolecular Hbond substituents is 1. The molecule has 3 N–H and O–H groups in total. The van der Waals surface area contributed by atoms with Gasteiger partial charge in [0, 0.05) is 24.3 Å². The van der Waals surface area contributed by atoms with Crippen LogP contribution in [0.5, 0.6) is 5.75 Å². The van der Waals surface area contributed by atoms with Gasteiger partial charge in [-0.25, -0.2) is 0 Å². The van der Waals surface area contributed by atoms with Crippen LogP contribution in [0.4, 0.5) is 5.69 Å². The minimum atomic E-state index is -0.488. The summed E-state index contributed by atoms with van der Waals surface area (Å²) in [6, 6.07) is 18.9. The van der Waals surface area contributed by atoms with Crippen LogP contribution in [0.3, 0.4) is 0 Å². The van der Waals surface area contributed by atoms with Gasteiger partial charge in [-0.05, 0) is 61.4 Å². The minimum absolute atomic E-state index is 0.0182. The Labute approximate surface area is 211 Å². The third-order valence-electron chi connectivity index (χ3n) is 6.15. The maximum absolute atomic E-state index is 12.1. The maximum Gasteiger partial charge on any atom is 0.262 e. The molecule has 0 unspecified atom stereocenters. The standard InChI is InChI=1S/C28H26N6O3/c1-4-33(21-11-9-19(10-12-21)15-22-27(36)29-18(3)30-28(22)37)16-20-13-17(2)14-25(26(20)35)34-31-23-7-5-6-8-24(23)32-34/h5-15,35H,3-4,16H2,1-2H3,(H,29,36)(H,30,37). The summed E-state index contributed by atoms with van der Waals surface area (Å²) in [6.07, 6.45) is 1.54. The molecule has 0 aliphatic rings. The quantitative estimate of drug-likeness (QED) is 0.333. The molecular weight excluding hydrogens is 468 g/mol. The van der Waals surface area contributed by atoms with Crippen LogP contribution in [0.15, 0.2) is 70.3 Å². The van der Waals surface area contributed by atoms with E-state index < -0.39 is 11.1 Å². The number of aromatic nitrogens is 5. The first-order chi connectivity index (χ1) is 17.8. The van der Waals surface area contributed by atoms with Gasteiger partial charge in [0.2, 0.25) is 0 Å². The normalized spacial score (nSPS) is 11.1. The Morgan fingerprint density at radius 2 is 1.62 bits per heavy atom. The maximum atomic E-state index is 12.1. The highest BCUT2D eigenvalue weighted by molar-refractivity contribution is 5.73. The Balaban J connectivity index is 1.45. The minimum Gasteiger partial charge on any atom is -0.505 e. The highest BCUT2D eigenvalue weighted by atomic mass is 16.3. The Kier molecular flexibility index (Phi) is 6.19. The van der Waals surface area contributed by atoms with Gasteiger partial charge in [0.05, 0.1) is 0 Å². The van der Waals surface area contributed by atoms with Gasteiger partial charge in [-0.1, -0.05) is 36.9 Å². The van der Waals surface area contributed by atoms with Gasteiger partial charge >= 0.3 is 0 Å². The second kappa shape index (κ2) is 9.62. The van der Waals surface area contributed by atoms with Crippen molar-refractivity contribution in [1.29, 1.82) is 0 Å². The summed E-state index contributed by atoms with van der Waals surface area (Å²) in [5.41, 5.74) is 4.60. The van der Waals surface area contributed by atoms with Crippen LogP contribution in [0.25, 0.3) is 29.4 Å². The highest BCUT2D eigenvalue weighted by Crippen LogP contribution is 2.30. The average molecular weight is 495 g/mol. The number of aromatic hydroxyl groups is 1. The first kappa shape index (κ1) is 23.8. The van der Waals surface area contributed by atoms with Gasteiger partial charge in [-0.3, -0.25) is 9.59 Å². The molecule has 9 heteroatoms. The number of fused-ring (bicyclic) bond motifs is 1. The molecule has 5 aromatic rings. The fourth-order valence-corrected chi connectivity index (χ4v) is 4.29. The van der Waals surface area contributed by atoms with Crippen molar-refractivity contribution in [3.8, 4) is 11.4 Å². The first-order valence-electron chi connectivity index (χ1n) is 11.9. The van der Waals surface area contributed by atoms with Crippen molar-refractivity contribution in [2.24, 2.45) is 0 Å². The molecule has 0 saturated carbocycles. The predicted molar refractivity (Wildman–Crippen MR) is 144 cm³/mol. The Morgan fingerprint density at radius 1 is 1.00 bits per heavy atom. The van der Waals surface area contributed by atoms with E-state index in [9.17, 15) is 14.7 Å². The zero-order valence-electron chi connectivity index (χ0n) is 20.5. The third kappa shape index (κ3) is 4.79. The molecule has 0 aliphatic heterocycles. The van der Waals surface area contributed by atoms with Crippen LogP contribution >= 0.6 is 0 Å². The van der Waals surface area contributed by atoms with E-state index in [0.717, 1.165) is 27.8 Å². The van der Waals surface area contributed by atoms with E-state index in [1.807, 2.05) is 74.5 Å². The number of rotatable bonds is 6. The number of anilines is 1. The number of nitrogens with zero attached hydrogens (tertiary/aromatic N) is 4. The fourth-order valence-electron chi connectivity index (χ4n) is 4.29. The van der Waals surface area contributed by atoms with Crippen LogP contribution in [0.2, 0.25) is 0 Å². The van der Waals surface area contributed by atoms with E-state index in [0.29, 0.717) is 24.3 Å². The van der Waals surface area contributed by atoms with Crippen molar-refractivity contribution >= 4 is 29.4 Å². The number of phenols is 1. The van der Waals surface area contributed by atoms with Gasteiger partial charge in [0.25, 0.3) is 11.1 Å². The Hall–Kier alpha value is -4.92. The molecule has 0 atom stereocenters. The molecular formula is C28H26N6O3. The molecule has 0 fully saturated rings.